The van der Waals surface area contributed by atoms with Crippen molar-refractivity contribution < 1.29 is 9.59 Å². The first-order valence-corrected chi connectivity index (χ1v) is 8.19. The van der Waals surface area contributed by atoms with Crippen LogP contribution >= 0.6 is 0 Å². The average Bonchev–Trinajstić information content (AvgIpc) is 3.02. The summed E-state index contributed by atoms with van der Waals surface area (Å²) in [6.45, 7) is 5.74. The Hall–Kier alpha value is -2.38. The number of carbonyl (C=O) groups is 2. The fourth-order valence-electron chi connectivity index (χ4n) is 2.56. The molecule has 2 amide bonds. The number of hydrogen-bond donors (Lipinski definition) is 2. The van der Waals surface area contributed by atoms with E-state index in [2.05, 4.69) is 20.6 Å². The van der Waals surface area contributed by atoms with Gasteiger partial charge in [0.25, 0.3) is 5.56 Å². The SMILES string of the molecule is CC(C)C(=O)NCC(=O)NCC1CCN(c2cnn(C)c(=O)c2)C1. The molecule has 1 aromatic rings. The van der Waals surface area contributed by atoms with Gasteiger partial charge in [0.1, 0.15) is 0 Å². The van der Waals surface area contributed by atoms with Crippen LogP contribution in [0.4, 0.5) is 5.69 Å². The summed E-state index contributed by atoms with van der Waals surface area (Å²) in [5.41, 5.74) is 0.682. The number of carbonyl (C=O) groups excluding carboxylic acids is 2. The monoisotopic (exact) mass is 335 g/mol. The summed E-state index contributed by atoms with van der Waals surface area (Å²) in [4.78, 5) is 36.9. The second kappa shape index (κ2) is 7.94. The summed E-state index contributed by atoms with van der Waals surface area (Å²) in [7, 11) is 1.62. The molecule has 1 saturated heterocycles. The van der Waals surface area contributed by atoms with Gasteiger partial charge in [-0.25, -0.2) is 4.68 Å². The molecule has 0 radical (unpaired) electrons. The predicted octanol–water partition coefficient (Wildman–Crippen LogP) is -0.505. The van der Waals surface area contributed by atoms with Gasteiger partial charge in [-0.3, -0.25) is 14.4 Å². The maximum absolute atomic E-state index is 11.8. The van der Waals surface area contributed by atoms with E-state index in [1.54, 1.807) is 33.2 Å². The van der Waals surface area contributed by atoms with Gasteiger partial charge in [-0.15, -0.1) is 0 Å². The number of nitrogens with zero attached hydrogens (tertiary/aromatic N) is 3. The third-order valence-electron chi connectivity index (χ3n) is 4.14. The Balaban J connectivity index is 1.75. The van der Waals surface area contributed by atoms with Gasteiger partial charge >= 0.3 is 0 Å². The van der Waals surface area contributed by atoms with Crippen LogP contribution in [0, 0.1) is 11.8 Å². The van der Waals surface area contributed by atoms with Crippen molar-refractivity contribution in [3.05, 3.63) is 22.6 Å². The summed E-state index contributed by atoms with van der Waals surface area (Å²) >= 11 is 0. The van der Waals surface area contributed by atoms with Crippen molar-refractivity contribution in [3.63, 3.8) is 0 Å². The van der Waals surface area contributed by atoms with Gasteiger partial charge < -0.3 is 15.5 Å². The van der Waals surface area contributed by atoms with Crippen molar-refractivity contribution >= 4 is 17.5 Å². The lowest BCUT2D eigenvalue weighted by molar-refractivity contribution is -0.127. The fraction of sp³-hybridized carbons (Fsp3) is 0.625. The van der Waals surface area contributed by atoms with E-state index in [0.717, 1.165) is 25.2 Å². The highest BCUT2D eigenvalue weighted by atomic mass is 16.2. The van der Waals surface area contributed by atoms with Crippen LogP contribution in [0.1, 0.15) is 20.3 Å². The molecule has 0 aromatic carbocycles. The number of nitrogens with one attached hydrogen (secondary N) is 2. The van der Waals surface area contributed by atoms with Gasteiger partial charge in [-0.2, -0.15) is 5.10 Å². The lowest BCUT2D eigenvalue weighted by Gasteiger charge is -2.18. The summed E-state index contributed by atoms with van der Waals surface area (Å²) in [5, 5.41) is 9.48. The molecule has 0 aliphatic carbocycles. The van der Waals surface area contributed by atoms with Crippen LogP contribution in [-0.4, -0.2) is 47.8 Å². The highest BCUT2D eigenvalue weighted by molar-refractivity contribution is 5.85. The first-order valence-electron chi connectivity index (χ1n) is 8.19. The Labute approximate surface area is 141 Å². The topological polar surface area (TPSA) is 96.3 Å². The number of rotatable bonds is 6. The van der Waals surface area contributed by atoms with Crippen LogP contribution in [0.5, 0.6) is 0 Å². The maximum atomic E-state index is 11.8. The minimum Gasteiger partial charge on any atom is -0.370 e. The molecule has 8 nitrogen and oxygen atoms in total. The number of amides is 2. The molecule has 1 aliphatic rings. The minimum absolute atomic E-state index is 0.00605. The number of hydrogen-bond acceptors (Lipinski definition) is 5. The Kier molecular flexibility index (Phi) is 5.94. The van der Waals surface area contributed by atoms with Crippen LogP contribution in [0.2, 0.25) is 0 Å². The average molecular weight is 335 g/mol. The summed E-state index contributed by atoms with van der Waals surface area (Å²) < 4.78 is 1.29. The first-order chi connectivity index (χ1) is 11.4. The smallest absolute Gasteiger partial charge is 0.268 e. The van der Waals surface area contributed by atoms with Crippen LogP contribution in [0.25, 0.3) is 0 Å². The highest BCUT2D eigenvalue weighted by Crippen LogP contribution is 2.21. The Morgan fingerprint density at radius 1 is 1.38 bits per heavy atom. The zero-order valence-electron chi connectivity index (χ0n) is 14.4. The summed E-state index contributed by atoms with van der Waals surface area (Å²) in [6.07, 6.45) is 2.62. The molecule has 0 bridgehead atoms. The van der Waals surface area contributed by atoms with Crippen molar-refractivity contribution in [3.8, 4) is 0 Å². The predicted molar refractivity (Wildman–Crippen MR) is 90.7 cm³/mol. The second-order valence-electron chi connectivity index (χ2n) is 6.45. The van der Waals surface area contributed by atoms with Crippen molar-refractivity contribution in [2.24, 2.45) is 18.9 Å². The molecule has 132 valence electrons. The molecule has 2 N–H and O–H groups in total. The van der Waals surface area contributed by atoms with Gasteiger partial charge in [0.05, 0.1) is 18.4 Å². The molecular weight excluding hydrogens is 310 g/mol. The van der Waals surface area contributed by atoms with Crippen LogP contribution < -0.4 is 21.1 Å². The maximum Gasteiger partial charge on any atom is 0.268 e. The Morgan fingerprint density at radius 2 is 2.12 bits per heavy atom. The molecule has 1 atom stereocenters. The zero-order valence-corrected chi connectivity index (χ0v) is 14.4. The Morgan fingerprint density at radius 3 is 2.79 bits per heavy atom. The number of anilines is 1. The van der Waals surface area contributed by atoms with Gasteiger partial charge in [-0.1, -0.05) is 13.8 Å². The number of aryl methyl sites for hydroxylation is 1. The lowest BCUT2D eigenvalue weighted by Crippen LogP contribution is -2.40. The van der Waals surface area contributed by atoms with E-state index in [9.17, 15) is 14.4 Å². The van der Waals surface area contributed by atoms with Gasteiger partial charge in [0, 0.05) is 38.7 Å². The van der Waals surface area contributed by atoms with Gasteiger partial charge in [-0.05, 0) is 12.3 Å². The van der Waals surface area contributed by atoms with E-state index in [1.165, 1.54) is 4.68 Å². The quantitative estimate of drug-likeness (QED) is 0.730. The van der Waals surface area contributed by atoms with Crippen LogP contribution in [0.15, 0.2) is 17.1 Å². The molecule has 0 saturated carbocycles. The number of aromatic nitrogens is 2. The molecule has 2 rings (SSSR count). The molecule has 2 heterocycles. The van der Waals surface area contributed by atoms with E-state index < -0.39 is 0 Å². The van der Waals surface area contributed by atoms with E-state index in [0.29, 0.717) is 12.5 Å². The van der Waals surface area contributed by atoms with Crippen LogP contribution in [-0.2, 0) is 16.6 Å². The third kappa shape index (κ3) is 4.81. The normalized spacial score (nSPS) is 17.2. The van der Waals surface area contributed by atoms with Crippen molar-refractivity contribution in [1.82, 2.24) is 20.4 Å². The third-order valence-corrected chi connectivity index (χ3v) is 4.14. The minimum atomic E-state index is -0.183. The molecule has 1 aliphatic heterocycles. The highest BCUT2D eigenvalue weighted by Gasteiger charge is 2.23. The van der Waals surface area contributed by atoms with E-state index in [-0.39, 0.29) is 29.8 Å². The zero-order chi connectivity index (χ0) is 17.7. The van der Waals surface area contributed by atoms with Gasteiger partial charge in [0.15, 0.2) is 0 Å². The largest absolute Gasteiger partial charge is 0.370 e. The molecule has 1 fully saturated rings. The van der Waals surface area contributed by atoms with E-state index >= 15 is 0 Å². The van der Waals surface area contributed by atoms with Crippen molar-refractivity contribution in [1.29, 1.82) is 0 Å². The van der Waals surface area contributed by atoms with Crippen molar-refractivity contribution in [2.45, 2.75) is 20.3 Å². The lowest BCUT2D eigenvalue weighted by atomic mass is 10.1. The van der Waals surface area contributed by atoms with Crippen LogP contribution in [0.3, 0.4) is 0 Å². The molecule has 0 spiro atoms. The van der Waals surface area contributed by atoms with Gasteiger partial charge in [0.2, 0.25) is 11.8 Å². The summed E-state index contributed by atoms with van der Waals surface area (Å²) in [6, 6.07) is 1.58. The first kappa shape index (κ1) is 18.0. The molecule has 1 unspecified atom stereocenters. The van der Waals surface area contributed by atoms with E-state index in [1.807, 2.05) is 0 Å². The molecule has 24 heavy (non-hydrogen) atoms. The standard InChI is InChI=1S/C16H25N5O3/c1-11(2)16(24)18-9-14(22)17-7-12-4-5-21(10-12)13-6-15(23)20(3)19-8-13/h6,8,11-12H,4-5,7,9-10H2,1-3H3,(H,17,22)(H,18,24). The molecule has 1 aromatic heterocycles. The van der Waals surface area contributed by atoms with E-state index in [4.69, 9.17) is 0 Å². The fourth-order valence-corrected chi connectivity index (χ4v) is 2.56. The molecular formula is C16H25N5O3. The molecule has 8 heteroatoms. The Bertz CT molecular complexity index is 655. The summed E-state index contributed by atoms with van der Waals surface area (Å²) in [5.74, 6) is -0.125. The second-order valence-corrected chi connectivity index (χ2v) is 6.45. The van der Waals surface area contributed by atoms with Crippen molar-refractivity contribution in [2.75, 3.05) is 31.1 Å².